The van der Waals surface area contributed by atoms with Gasteiger partial charge in [-0.1, -0.05) is 0 Å². The minimum atomic E-state index is -4.75. The van der Waals surface area contributed by atoms with Crippen LogP contribution < -0.4 is 10.5 Å². The topological polar surface area (TPSA) is 65.2 Å². The van der Waals surface area contributed by atoms with Gasteiger partial charge in [0, 0.05) is 17.5 Å². The van der Waals surface area contributed by atoms with Crippen LogP contribution in [0.15, 0.2) is 24.3 Å². The highest BCUT2D eigenvalue weighted by molar-refractivity contribution is 5.84. The van der Waals surface area contributed by atoms with Crippen LogP contribution in [0.2, 0.25) is 0 Å². The molecule has 21 heavy (non-hydrogen) atoms. The quantitative estimate of drug-likeness (QED) is 0.944. The summed E-state index contributed by atoms with van der Waals surface area (Å²) in [6, 6.07) is 5.66. The fraction of sp³-hybridized carbons (Fsp3) is 0.286. The zero-order valence-electron chi connectivity index (χ0n) is 11.2. The Hall–Kier alpha value is -2.31. The summed E-state index contributed by atoms with van der Waals surface area (Å²) in [6.45, 7) is 1.77. The fourth-order valence-electron chi connectivity index (χ4n) is 2.08. The van der Waals surface area contributed by atoms with E-state index in [-0.39, 0.29) is 12.2 Å². The highest BCUT2D eigenvalue weighted by atomic mass is 19.4. The number of carbonyl (C=O) groups is 1. The van der Waals surface area contributed by atoms with Crippen LogP contribution in [0.5, 0.6) is 5.75 Å². The molecule has 0 unspecified atom stereocenters. The molecule has 0 fully saturated rings. The molecular formula is C14H13F3N2O2. The van der Waals surface area contributed by atoms with Crippen molar-refractivity contribution in [2.24, 2.45) is 5.73 Å². The average molecular weight is 298 g/mol. The molecule has 1 heterocycles. The standard InChI is InChI=1S/C14H13F3N2O2/c1-8-6-9(2-5-13(18)20)11-7-10(21-14(15,16)17)3-4-12(11)19-8/h3-4,6-7H,2,5H2,1H3,(H2,18,20). The third-order valence-electron chi connectivity index (χ3n) is 2.87. The summed E-state index contributed by atoms with van der Waals surface area (Å²) in [6.07, 6.45) is -4.30. The Morgan fingerprint density at radius 2 is 2.05 bits per heavy atom. The number of ether oxygens (including phenoxy) is 1. The van der Waals surface area contributed by atoms with Crippen molar-refractivity contribution in [2.75, 3.05) is 0 Å². The second-order valence-electron chi connectivity index (χ2n) is 4.62. The van der Waals surface area contributed by atoms with Gasteiger partial charge in [0.15, 0.2) is 0 Å². The van der Waals surface area contributed by atoms with E-state index in [0.29, 0.717) is 28.6 Å². The van der Waals surface area contributed by atoms with E-state index in [9.17, 15) is 18.0 Å². The van der Waals surface area contributed by atoms with Gasteiger partial charge in [0.05, 0.1) is 5.52 Å². The SMILES string of the molecule is Cc1cc(CCC(N)=O)c2cc(OC(F)(F)F)ccc2n1. The van der Waals surface area contributed by atoms with Crippen molar-refractivity contribution >= 4 is 16.8 Å². The van der Waals surface area contributed by atoms with Gasteiger partial charge < -0.3 is 10.5 Å². The van der Waals surface area contributed by atoms with Gasteiger partial charge in [-0.3, -0.25) is 9.78 Å². The number of benzene rings is 1. The number of pyridine rings is 1. The van der Waals surface area contributed by atoms with Crippen LogP contribution >= 0.6 is 0 Å². The predicted molar refractivity (Wildman–Crippen MR) is 70.7 cm³/mol. The molecule has 0 bridgehead atoms. The third-order valence-corrected chi connectivity index (χ3v) is 2.87. The molecule has 7 heteroatoms. The number of amides is 1. The molecule has 2 rings (SSSR count). The lowest BCUT2D eigenvalue weighted by atomic mass is 10.0. The minimum absolute atomic E-state index is 0.114. The molecule has 0 aliphatic rings. The van der Waals surface area contributed by atoms with Crippen LogP contribution in [-0.4, -0.2) is 17.3 Å². The Morgan fingerprint density at radius 1 is 1.33 bits per heavy atom. The molecule has 1 aromatic carbocycles. The summed E-state index contributed by atoms with van der Waals surface area (Å²) in [5.41, 5.74) is 7.08. The van der Waals surface area contributed by atoms with Crippen molar-refractivity contribution in [1.82, 2.24) is 4.98 Å². The fourth-order valence-corrected chi connectivity index (χ4v) is 2.08. The number of primary amides is 1. The zero-order chi connectivity index (χ0) is 15.6. The number of rotatable bonds is 4. The van der Waals surface area contributed by atoms with Crippen LogP contribution in [0.3, 0.4) is 0 Å². The molecule has 4 nitrogen and oxygen atoms in total. The number of hydrogen-bond donors (Lipinski definition) is 1. The van der Waals surface area contributed by atoms with Gasteiger partial charge in [0.25, 0.3) is 0 Å². The normalized spacial score (nSPS) is 11.6. The molecule has 1 aromatic heterocycles. The van der Waals surface area contributed by atoms with Gasteiger partial charge >= 0.3 is 6.36 Å². The number of nitrogens with zero attached hydrogens (tertiary/aromatic N) is 1. The summed E-state index contributed by atoms with van der Waals surface area (Å²) >= 11 is 0. The second-order valence-corrected chi connectivity index (χ2v) is 4.62. The van der Waals surface area contributed by atoms with E-state index in [2.05, 4.69) is 9.72 Å². The smallest absolute Gasteiger partial charge is 0.406 e. The van der Waals surface area contributed by atoms with Gasteiger partial charge in [-0.2, -0.15) is 0 Å². The van der Waals surface area contributed by atoms with Crippen LogP contribution in [0, 0.1) is 6.92 Å². The lowest BCUT2D eigenvalue weighted by molar-refractivity contribution is -0.274. The van der Waals surface area contributed by atoms with Gasteiger partial charge in [0.1, 0.15) is 5.75 Å². The number of halogens is 3. The summed E-state index contributed by atoms with van der Waals surface area (Å²) in [5, 5.41) is 0.517. The molecule has 1 amide bonds. The molecule has 0 saturated carbocycles. The first-order valence-corrected chi connectivity index (χ1v) is 6.19. The van der Waals surface area contributed by atoms with E-state index >= 15 is 0 Å². The van der Waals surface area contributed by atoms with E-state index in [1.807, 2.05) is 0 Å². The van der Waals surface area contributed by atoms with Crippen LogP contribution in [0.25, 0.3) is 10.9 Å². The van der Waals surface area contributed by atoms with Crippen molar-refractivity contribution in [3.63, 3.8) is 0 Å². The van der Waals surface area contributed by atoms with Gasteiger partial charge in [-0.25, -0.2) is 0 Å². The van der Waals surface area contributed by atoms with E-state index in [1.54, 1.807) is 13.0 Å². The first-order chi connectivity index (χ1) is 9.74. The summed E-state index contributed by atoms with van der Waals surface area (Å²) < 4.78 is 40.7. The van der Waals surface area contributed by atoms with Crippen molar-refractivity contribution in [1.29, 1.82) is 0 Å². The van der Waals surface area contributed by atoms with Crippen LogP contribution in [-0.2, 0) is 11.2 Å². The molecule has 112 valence electrons. The first-order valence-electron chi connectivity index (χ1n) is 6.19. The predicted octanol–water partition coefficient (Wildman–Crippen LogP) is 2.86. The Kier molecular flexibility index (Phi) is 4.02. The molecule has 0 atom stereocenters. The van der Waals surface area contributed by atoms with Crippen molar-refractivity contribution < 1.29 is 22.7 Å². The van der Waals surface area contributed by atoms with Gasteiger partial charge in [0.2, 0.25) is 5.91 Å². The maximum absolute atomic E-state index is 12.3. The van der Waals surface area contributed by atoms with Crippen molar-refractivity contribution in [2.45, 2.75) is 26.1 Å². The highest BCUT2D eigenvalue weighted by Crippen LogP contribution is 2.28. The minimum Gasteiger partial charge on any atom is -0.406 e. The third kappa shape index (κ3) is 4.08. The second kappa shape index (κ2) is 5.59. The molecule has 0 spiro atoms. The maximum atomic E-state index is 12.3. The number of fused-ring (bicyclic) bond motifs is 1. The lowest BCUT2D eigenvalue weighted by Gasteiger charge is -2.11. The number of carbonyl (C=O) groups excluding carboxylic acids is 1. The molecule has 0 saturated heterocycles. The van der Waals surface area contributed by atoms with Crippen LogP contribution in [0.1, 0.15) is 17.7 Å². The van der Waals surface area contributed by atoms with Crippen molar-refractivity contribution in [3.05, 3.63) is 35.5 Å². The van der Waals surface area contributed by atoms with E-state index < -0.39 is 12.3 Å². The first kappa shape index (κ1) is 15.1. The lowest BCUT2D eigenvalue weighted by Crippen LogP contribution is -2.17. The Labute approximate surface area is 118 Å². The van der Waals surface area contributed by atoms with E-state index in [4.69, 9.17) is 5.73 Å². The number of nitrogens with two attached hydrogens (primary N) is 1. The highest BCUT2D eigenvalue weighted by Gasteiger charge is 2.31. The zero-order valence-corrected chi connectivity index (χ0v) is 11.2. The molecule has 0 aliphatic heterocycles. The Balaban J connectivity index is 2.45. The van der Waals surface area contributed by atoms with Crippen LogP contribution in [0.4, 0.5) is 13.2 Å². The summed E-state index contributed by atoms with van der Waals surface area (Å²) in [5.74, 6) is -0.790. The van der Waals surface area contributed by atoms with E-state index in [1.165, 1.54) is 18.2 Å². The van der Waals surface area contributed by atoms with E-state index in [0.717, 1.165) is 0 Å². The monoisotopic (exact) mass is 298 g/mol. The summed E-state index contributed by atoms with van der Waals surface area (Å²) in [4.78, 5) is 15.1. The molecule has 0 aliphatic carbocycles. The Bertz CT molecular complexity index is 684. The van der Waals surface area contributed by atoms with Crippen molar-refractivity contribution in [3.8, 4) is 5.75 Å². The Morgan fingerprint density at radius 3 is 2.67 bits per heavy atom. The molecule has 2 aromatic rings. The largest absolute Gasteiger partial charge is 0.573 e. The summed E-state index contributed by atoms with van der Waals surface area (Å²) in [7, 11) is 0. The molecule has 2 N–H and O–H groups in total. The number of hydrogen-bond acceptors (Lipinski definition) is 3. The number of aryl methyl sites for hydroxylation is 2. The number of alkyl halides is 3. The maximum Gasteiger partial charge on any atom is 0.573 e. The molecular weight excluding hydrogens is 285 g/mol. The number of aromatic nitrogens is 1. The molecule has 0 radical (unpaired) electrons. The van der Waals surface area contributed by atoms with Gasteiger partial charge in [-0.15, -0.1) is 13.2 Å². The average Bonchev–Trinajstić information content (AvgIpc) is 2.34. The van der Waals surface area contributed by atoms with Gasteiger partial charge in [-0.05, 0) is 43.2 Å².